The zero-order valence-corrected chi connectivity index (χ0v) is 19.9. The van der Waals surface area contributed by atoms with Gasteiger partial charge in [0.15, 0.2) is 0 Å². The van der Waals surface area contributed by atoms with Gasteiger partial charge in [-0.05, 0) is 106 Å². The molecule has 0 aliphatic rings. The molecule has 0 saturated heterocycles. The fourth-order valence-electron chi connectivity index (χ4n) is 3.65. The van der Waals surface area contributed by atoms with Gasteiger partial charge in [-0.3, -0.25) is 0 Å². The maximum atomic E-state index is 11.7. The number of nitrogens with zero attached hydrogens (tertiary/aromatic N) is 1. The fraction of sp³-hybridized carbons (Fsp3) is 0.276. The zero-order chi connectivity index (χ0) is 23.3. The van der Waals surface area contributed by atoms with Gasteiger partial charge in [-0.25, -0.2) is 4.79 Å². The third kappa shape index (κ3) is 5.47. The number of benzene rings is 3. The van der Waals surface area contributed by atoms with Crippen molar-refractivity contribution in [1.82, 2.24) is 0 Å². The Morgan fingerprint density at radius 3 is 1.94 bits per heavy atom. The van der Waals surface area contributed by atoms with Gasteiger partial charge in [0.2, 0.25) is 0 Å². The molecule has 32 heavy (non-hydrogen) atoms. The molecular weight excluding hydrogens is 394 g/mol. The van der Waals surface area contributed by atoms with Crippen LogP contribution in [0, 0.1) is 27.7 Å². The summed E-state index contributed by atoms with van der Waals surface area (Å²) in [5.74, 6) is -0.329. The number of carbonyl (C=O) groups is 1. The van der Waals surface area contributed by atoms with Gasteiger partial charge in [0.25, 0.3) is 0 Å². The van der Waals surface area contributed by atoms with Gasteiger partial charge in [0, 0.05) is 22.6 Å². The second-order valence-corrected chi connectivity index (χ2v) is 8.52. The van der Waals surface area contributed by atoms with Gasteiger partial charge in [-0.1, -0.05) is 36.9 Å². The number of ether oxygens (including phenoxy) is 1. The lowest BCUT2D eigenvalue weighted by Crippen LogP contribution is -2.13. The van der Waals surface area contributed by atoms with Crippen molar-refractivity contribution in [1.29, 1.82) is 0 Å². The van der Waals surface area contributed by atoms with E-state index in [1.54, 1.807) is 6.92 Å². The standard InChI is InChI=1S/C29H33NO2/c1-20(2)29(31)32-17-9-11-25-10-7-8-12-28(25)30(26-15-13-21(3)23(5)18-26)27-16-14-22(4)24(6)19-27/h7-8,10,12-16,18-19H,1,9,11,17H2,2-6H3. The Kier molecular flexibility index (Phi) is 7.53. The predicted molar refractivity (Wildman–Crippen MR) is 134 cm³/mol. The number of carbonyl (C=O) groups excluding carboxylic acids is 1. The number of para-hydroxylation sites is 1. The van der Waals surface area contributed by atoms with Crippen LogP contribution in [-0.2, 0) is 16.0 Å². The Morgan fingerprint density at radius 1 is 0.844 bits per heavy atom. The molecule has 0 fully saturated rings. The summed E-state index contributed by atoms with van der Waals surface area (Å²) < 4.78 is 5.30. The Labute approximate surface area is 192 Å². The highest BCUT2D eigenvalue weighted by Gasteiger charge is 2.17. The third-order valence-electron chi connectivity index (χ3n) is 5.90. The summed E-state index contributed by atoms with van der Waals surface area (Å²) in [4.78, 5) is 14.0. The van der Waals surface area contributed by atoms with Gasteiger partial charge in [0.1, 0.15) is 0 Å². The van der Waals surface area contributed by atoms with E-state index in [1.165, 1.54) is 27.8 Å². The molecule has 3 nitrogen and oxygen atoms in total. The largest absolute Gasteiger partial charge is 0.462 e. The van der Waals surface area contributed by atoms with Crippen LogP contribution in [0.25, 0.3) is 0 Å². The molecule has 0 atom stereocenters. The smallest absolute Gasteiger partial charge is 0.333 e. The molecule has 0 unspecified atom stereocenters. The van der Waals surface area contributed by atoms with E-state index in [9.17, 15) is 4.79 Å². The van der Waals surface area contributed by atoms with Gasteiger partial charge in [0.05, 0.1) is 6.61 Å². The minimum absolute atomic E-state index is 0.329. The summed E-state index contributed by atoms with van der Waals surface area (Å²) >= 11 is 0. The molecule has 0 aliphatic heterocycles. The highest BCUT2D eigenvalue weighted by Crippen LogP contribution is 2.38. The van der Waals surface area contributed by atoms with Crippen molar-refractivity contribution >= 4 is 23.0 Å². The first-order chi connectivity index (χ1) is 15.3. The van der Waals surface area contributed by atoms with Gasteiger partial charge in [-0.2, -0.15) is 0 Å². The fourth-order valence-corrected chi connectivity index (χ4v) is 3.65. The first kappa shape index (κ1) is 23.3. The van der Waals surface area contributed by atoms with Gasteiger partial charge in [-0.15, -0.1) is 0 Å². The zero-order valence-electron chi connectivity index (χ0n) is 19.9. The monoisotopic (exact) mass is 427 g/mol. The number of anilines is 3. The topological polar surface area (TPSA) is 29.5 Å². The molecule has 0 radical (unpaired) electrons. The number of hydrogen-bond acceptors (Lipinski definition) is 3. The lowest BCUT2D eigenvalue weighted by Gasteiger charge is -2.29. The van der Waals surface area contributed by atoms with Crippen molar-refractivity contribution in [3.05, 3.63) is 101 Å². The van der Waals surface area contributed by atoms with Crippen LogP contribution < -0.4 is 4.90 Å². The molecule has 0 amide bonds. The van der Waals surface area contributed by atoms with Crippen LogP contribution >= 0.6 is 0 Å². The lowest BCUT2D eigenvalue weighted by molar-refractivity contribution is -0.139. The average molecular weight is 428 g/mol. The highest BCUT2D eigenvalue weighted by molar-refractivity contribution is 5.86. The van der Waals surface area contributed by atoms with Crippen molar-refractivity contribution in [3.8, 4) is 0 Å². The van der Waals surface area contributed by atoms with Crippen molar-refractivity contribution in [2.45, 2.75) is 47.5 Å². The first-order valence-electron chi connectivity index (χ1n) is 11.1. The normalized spacial score (nSPS) is 10.7. The summed E-state index contributed by atoms with van der Waals surface area (Å²) in [5, 5.41) is 0. The minimum Gasteiger partial charge on any atom is -0.462 e. The van der Waals surface area contributed by atoms with Gasteiger partial charge >= 0.3 is 5.97 Å². The van der Waals surface area contributed by atoms with Gasteiger partial charge < -0.3 is 9.64 Å². The SMILES string of the molecule is C=C(C)C(=O)OCCCc1ccccc1N(c1ccc(C)c(C)c1)c1ccc(C)c(C)c1. The molecule has 0 bridgehead atoms. The van der Waals surface area contributed by atoms with Crippen molar-refractivity contribution in [2.24, 2.45) is 0 Å². The molecule has 166 valence electrons. The summed E-state index contributed by atoms with van der Waals surface area (Å²) in [6.45, 7) is 14.3. The quantitative estimate of drug-likeness (QED) is 0.212. The molecule has 0 spiro atoms. The van der Waals surface area contributed by atoms with Crippen molar-refractivity contribution in [2.75, 3.05) is 11.5 Å². The molecule has 0 saturated carbocycles. The summed E-state index contributed by atoms with van der Waals surface area (Å²) in [6, 6.07) is 21.7. The Bertz CT molecular complexity index is 1080. The van der Waals surface area contributed by atoms with Crippen LogP contribution in [-0.4, -0.2) is 12.6 Å². The van der Waals surface area contributed by atoms with E-state index in [0.29, 0.717) is 12.2 Å². The van der Waals surface area contributed by atoms with Crippen LogP contribution in [0.4, 0.5) is 17.1 Å². The maximum absolute atomic E-state index is 11.7. The molecule has 3 aromatic rings. The predicted octanol–water partition coefficient (Wildman–Crippen LogP) is 7.44. The third-order valence-corrected chi connectivity index (χ3v) is 5.90. The van der Waals surface area contributed by atoms with Crippen LogP contribution in [0.3, 0.4) is 0 Å². The number of esters is 1. The lowest BCUT2D eigenvalue weighted by atomic mass is 10.0. The average Bonchev–Trinajstić information content (AvgIpc) is 2.77. The maximum Gasteiger partial charge on any atom is 0.333 e. The Hall–Kier alpha value is -3.33. The summed E-state index contributed by atoms with van der Waals surface area (Å²) in [7, 11) is 0. The van der Waals surface area contributed by atoms with E-state index in [1.807, 2.05) is 0 Å². The van der Waals surface area contributed by atoms with E-state index in [4.69, 9.17) is 4.74 Å². The van der Waals surface area contributed by atoms with Crippen LogP contribution in [0.1, 0.15) is 41.2 Å². The van der Waals surface area contributed by atoms with E-state index < -0.39 is 0 Å². The van der Waals surface area contributed by atoms with Crippen molar-refractivity contribution in [3.63, 3.8) is 0 Å². The number of hydrogen-bond donors (Lipinski definition) is 0. The molecule has 3 aromatic carbocycles. The van der Waals surface area contributed by atoms with E-state index >= 15 is 0 Å². The number of rotatable bonds is 8. The van der Waals surface area contributed by atoms with E-state index in [-0.39, 0.29) is 5.97 Å². The van der Waals surface area contributed by atoms with Crippen molar-refractivity contribution < 1.29 is 9.53 Å². The highest BCUT2D eigenvalue weighted by atomic mass is 16.5. The minimum atomic E-state index is -0.329. The molecule has 0 aromatic heterocycles. The second kappa shape index (κ2) is 10.3. The van der Waals surface area contributed by atoms with Crippen LogP contribution in [0.5, 0.6) is 0 Å². The molecular formula is C29H33NO2. The summed E-state index contributed by atoms with van der Waals surface area (Å²) in [5.41, 5.74) is 10.2. The van der Waals surface area contributed by atoms with E-state index in [2.05, 4.69) is 99.8 Å². The van der Waals surface area contributed by atoms with Crippen LogP contribution in [0.2, 0.25) is 0 Å². The van der Waals surface area contributed by atoms with Crippen LogP contribution in [0.15, 0.2) is 72.8 Å². The molecule has 0 aliphatic carbocycles. The Morgan fingerprint density at radius 2 is 1.41 bits per heavy atom. The molecule has 0 heterocycles. The molecule has 3 rings (SSSR count). The molecule has 3 heteroatoms. The Balaban J connectivity index is 1.98. The molecule has 0 N–H and O–H groups in total. The summed E-state index contributed by atoms with van der Waals surface area (Å²) in [6.07, 6.45) is 1.57. The number of aryl methyl sites for hydroxylation is 5. The second-order valence-electron chi connectivity index (χ2n) is 8.52. The van der Waals surface area contributed by atoms with E-state index in [0.717, 1.165) is 29.9 Å². The first-order valence-corrected chi connectivity index (χ1v) is 11.1.